The van der Waals surface area contributed by atoms with E-state index in [1.54, 1.807) is 36.5 Å². The third kappa shape index (κ3) is 3.96. The van der Waals surface area contributed by atoms with E-state index in [1.807, 2.05) is 0 Å². The molecule has 0 unspecified atom stereocenters. The van der Waals surface area contributed by atoms with Crippen LogP contribution in [-0.2, 0) is 4.74 Å². The Kier molecular flexibility index (Phi) is 5.11. The number of ether oxygens (including phenoxy) is 1. The van der Waals surface area contributed by atoms with Crippen LogP contribution in [0.4, 0.5) is 19.3 Å². The first kappa shape index (κ1) is 19.1. The number of pyridine rings is 1. The van der Waals surface area contributed by atoms with Crippen LogP contribution in [-0.4, -0.2) is 11.1 Å². The summed E-state index contributed by atoms with van der Waals surface area (Å²) in [5.41, 5.74) is 2.31. The Morgan fingerprint density at radius 2 is 1.80 bits per heavy atom. The van der Waals surface area contributed by atoms with Crippen molar-refractivity contribution >= 4 is 11.8 Å². The van der Waals surface area contributed by atoms with Gasteiger partial charge in [0.2, 0.25) is 0 Å². The van der Waals surface area contributed by atoms with E-state index in [-0.39, 0.29) is 5.56 Å². The number of hydrogen-bond acceptors (Lipinski definition) is 3. The zero-order valence-electron chi connectivity index (χ0n) is 15.4. The summed E-state index contributed by atoms with van der Waals surface area (Å²) in [6.45, 7) is 6.97. The van der Waals surface area contributed by atoms with Gasteiger partial charge in [-0.3, -0.25) is 4.98 Å². The van der Waals surface area contributed by atoms with Crippen LogP contribution in [0, 0.1) is 30.0 Å². The first-order chi connectivity index (χ1) is 14.5. The van der Waals surface area contributed by atoms with Crippen LogP contribution < -0.4 is 5.32 Å². The normalized spacial score (nSPS) is 17.3. The molecule has 1 aromatic heterocycles. The minimum absolute atomic E-state index is 0.0604. The molecule has 146 valence electrons. The molecule has 1 aliphatic heterocycles. The maximum atomic E-state index is 14.2. The lowest BCUT2D eigenvalue weighted by atomic mass is 9.96. The summed E-state index contributed by atoms with van der Waals surface area (Å²) in [6, 6.07) is 10.8. The number of nitrogens with one attached hydrogen (secondary N) is 1. The van der Waals surface area contributed by atoms with Crippen molar-refractivity contribution in [3.63, 3.8) is 0 Å². The largest absolute Gasteiger partial charge is 0.439 e. The Morgan fingerprint density at radius 3 is 2.57 bits per heavy atom. The van der Waals surface area contributed by atoms with Crippen LogP contribution >= 0.6 is 0 Å². The molecular formula is C23H13F2N3O2. The molecule has 1 fully saturated rings. The molecule has 0 bridgehead atoms. The molecule has 7 heteroatoms. The lowest BCUT2D eigenvalue weighted by molar-refractivity contribution is 0.130. The van der Waals surface area contributed by atoms with E-state index in [4.69, 9.17) is 11.3 Å². The molecule has 0 saturated carbocycles. The van der Waals surface area contributed by atoms with Gasteiger partial charge in [-0.15, -0.1) is 0 Å². The molecule has 2 aromatic carbocycles. The maximum Gasteiger partial charge on any atom is 0.408 e. The second-order valence-electron chi connectivity index (χ2n) is 6.53. The predicted octanol–water partition coefficient (Wildman–Crippen LogP) is 4.83. The summed E-state index contributed by atoms with van der Waals surface area (Å²) in [7, 11) is 0. The zero-order valence-corrected chi connectivity index (χ0v) is 15.4. The average molecular weight is 401 g/mol. The second-order valence-corrected chi connectivity index (χ2v) is 6.53. The number of halogens is 2. The molecule has 0 radical (unpaired) electrons. The van der Waals surface area contributed by atoms with Crippen molar-refractivity contribution in [1.82, 2.24) is 10.3 Å². The fourth-order valence-electron chi connectivity index (χ4n) is 3.11. The van der Waals surface area contributed by atoms with Crippen molar-refractivity contribution in [2.24, 2.45) is 0 Å². The number of rotatable bonds is 2. The van der Waals surface area contributed by atoms with Crippen LogP contribution in [0.25, 0.3) is 4.85 Å². The molecule has 1 amide bonds. The molecule has 2 heterocycles. The van der Waals surface area contributed by atoms with Gasteiger partial charge in [-0.1, -0.05) is 36.1 Å². The van der Waals surface area contributed by atoms with E-state index >= 15 is 0 Å². The van der Waals surface area contributed by atoms with Gasteiger partial charge in [0.25, 0.3) is 0 Å². The number of benzene rings is 2. The van der Waals surface area contributed by atoms with Crippen LogP contribution in [0.1, 0.15) is 34.4 Å². The SMILES string of the molecule is [C-]#[N+]c1ccc(C#Cc2cncc([C@H]3NC(=O)O[C@@H]3c3cc(F)ccc3F)c2)cc1. The maximum absolute atomic E-state index is 14.2. The Labute approximate surface area is 171 Å². The number of hydrogen-bond donors (Lipinski definition) is 1. The van der Waals surface area contributed by atoms with Gasteiger partial charge in [0.1, 0.15) is 17.7 Å². The highest BCUT2D eigenvalue weighted by Gasteiger charge is 2.38. The standard InChI is InChI=1S/C23H13F2N3O2/c1-26-18-7-4-14(5-8-18)2-3-15-10-16(13-27-12-15)21-22(30-23(29)28-21)19-11-17(24)6-9-20(19)25/h4-13,21-22H,(H,28,29)/t21-,22-/m1/s1. The minimum atomic E-state index is -1.04. The van der Waals surface area contributed by atoms with E-state index in [2.05, 4.69) is 27.0 Å². The Morgan fingerprint density at radius 1 is 1.03 bits per heavy atom. The van der Waals surface area contributed by atoms with Gasteiger partial charge in [-0.05, 0) is 29.8 Å². The van der Waals surface area contributed by atoms with Gasteiger partial charge in [-0.2, -0.15) is 0 Å². The highest BCUT2D eigenvalue weighted by molar-refractivity contribution is 5.71. The van der Waals surface area contributed by atoms with Crippen molar-refractivity contribution in [3.8, 4) is 11.8 Å². The lowest BCUT2D eigenvalue weighted by Crippen LogP contribution is -2.20. The van der Waals surface area contributed by atoms with E-state index in [9.17, 15) is 13.6 Å². The van der Waals surface area contributed by atoms with Crippen molar-refractivity contribution in [2.45, 2.75) is 12.1 Å². The van der Waals surface area contributed by atoms with Crippen molar-refractivity contribution in [2.75, 3.05) is 0 Å². The third-order valence-corrected chi connectivity index (χ3v) is 4.54. The average Bonchev–Trinajstić information content (AvgIpc) is 3.16. The lowest BCUT2D eigenvalue weighted by Gasteiger charge is -2.18. The summed E-state index contributed by atoms with van der Waals surface area (Å²) in [4.78, 5) is 19.3. The molecule has 30 heavy (non-hydrogen) atoms. The van der Waals surface area contributed by atoms with E-state index in [0.29, 0.717) is 16.8 Å². The van der Waals surface area contributed by atoms with E-state index < -0.39 is 29.9 Å². The van der Waals surface area contributed by atoms with Crippen molar-refractivity contribution in [1.29, 1.82) is 0 Å². The Balaban J connectivity index is 1.64. The molecule has 4 rings (SSSR count). The summed E-state index contributed by atoms with van der Waals surface area (Å²) in [5.74, 6) is 4.65. The predicted molar refractivity (Wildman–Crippen MR) is 104 cm³/mol. The first-order valence-electron chi connectivity index (χ1n) is 8.90. The number of nitrogens with zero attached hydrogens (tertiary/aromatic N) is 2. The summed E-state index contributed by atoms with van der Waals surface area (Å²) in [5, 5.41) is 2.61. The fourth-order valence-corrected chi connectivity index (χ4v) is 3.11. The first-order valence-corrected chi connectivity index (χ1v) is 8.90. The van der Waals surface area contributed by atoms with E-state index in [0.717, 1.165) is 23.8 Å². The Bertz CT molecular complexity index is 1220. The number of aromatic nitrogens is 1. The van der Waals surface area contributed by atoms with Crippen molar-refractivity contribution in [3.05, 3.63) is 106 Å². The number of carbonyl (C=O) groups is 1. The molecule has 3 aromatic rings. The van der Waals surface area contributed by atoms with Gasteiger partial charge in [0.15, 0.2) is 11.8 Å². The molecule has 2 atom stereocenters. The topological polar surface area (TPSA) is 55.6 Å². The number of carbonyl (C=O) groups excluding carboxylic acids is 1. The molecule has 0 aliphatic carbocycles. The minimum Gasteiger partial charge on any atom is -0.439 e. The smallest absolute Gasteiger partial charge is 0.408 e. The number of amides is 1. The van der Waals surface area contributed by atoms with Crippen LogP contribution in [0.5, 0.6) is 0 Å². The van der Waals surface area contributed by atoms with Gasteiger partial charge in [0.05, 0.1) is 6.57 Å². The quantitative estimate of drug-likeness (QED) is 0.494. The highest BCUT2D eigenvalue weighted by atomic mass is 19.1. The molecule has 1 aliphatic rings. The van der Waals surface area contributed by atoms with Gasteiger partial charge >= 0.3 is 6.09 Å². The van der Waals surface area contributed by atoms with Gasteiger partial charge in [-0.25, -0.2) is 18.4 Å². The molecule has 1 N–H and O–H groups in total. The number of alkyl carbamates (subject to hydrolysis) is 1. The van der Waals surface area contributed by atoms with Gasteiger partial charge in [0, 0.05) is 29.1 Å². The van der Waals surface area contributed by atoms with Crippen LogP contribution in [0.3, 0.4) is 0 Å². The van der Waals surface area contributed by atoms with Crippen LogP contribution in [0.2, 0.25) is 0 Å². The molecule has 0 spiro atoms. The molecular weight excluding hydrogens is 388 g/mol. The second kappa shape index (κ2) is 8.02. The number of cyclic esters (lactones) is 1. The highest BCUT2D eigenvalue weighted by Crippen LogP contribution is 2.37. The monoisotopic (exact) mass is 401 g/mol. The molecule has 1 saturated heterocycles. The third-order valence-electron chi connectivity index (χ3n) is 4.54. The van der Waals surface area contributed by atoms with E-state index in [1.165, 1.54) is 6.20 Å². The Hall–Kier alpha value is -4.23. The summed E-state index contributed by atoms with van der Waals surface area (Å²) < 4.78 is 33.1. The van der Waals surface area contributed by atoms with Crippen LogP contribution in [0.15, 0.2) is 60.9 Å². The zero-order chi connectivity index (χ0) is 21.1. The fraction of sp³-hybridized carbons (Fsp3) is 0.0870. The summed E-state index contributed by atoms with van der Waals surface area (Å²) in [6.07, 6.45) is 1.29. The van der Waals surface area contributed by atoms with Gasteiger partial charge < -0.3 is 10.1 Å². The van der Waals surface area contributed by atoms with Crippen molar-refractivity contribution < 1.29 is 18.3 Å². The molecule has 5 nitrogen and oxygen atoms in total. The summed E-state index contributed by atoms with van der Waals surface area (Å²) >= 11 is 0.